The van der Waals surface area contributed by atoms with Gasteiger partial charge in [0.1, 0.15) is 5.75 Å². The average Bonchev–Trinajstić information content (AvgIpc) is 3.17. The number of aryl methyl sites for hydroxylation is 3. The third kappa shape index (κ3) is 3.12. The second kappa shape index (κ2) is 6.24. The Morgan fingerprint density at radius 3 is 3.00 bits per heavy atom. The van der Waals surface area contributed by atoms with Gasteiger partial charge in [0.2, 0.25) is 0 Å². The standard InChI is InChI=1S/C19H18N2O2S/c1-12-20-17-8-6-15(10-18(17)24-12)21-19(22)11-23-16-7-5-13-3-2-4-14(13)9-16/h5-10H,2-4,11H2,1H3,(H,21,22). The molecule has 0 unspecified atom stereocenters. The normalized spacial score (nSPS) is 13.0. The van der Waals surface area contributed by atoms with Crippen molar-refractivity contribution in [3.8, 4) is 5.75 Å². The Bertz CT molecular complexity index is 917. The van der Waals surface area contributed by atoms with Crippen LogP contribution in [-0.4, -0.2) is 17.5 Å². The third-order valence-corrected chi connectivity index (χ3v) is 5.15. The third-order valence-electron chi connectivity index (χ3n) is 4.22. The van der Waals surface area contributed by atoms with Gasteiger partial charge in [0.25, 0.3) is 5.91 Å². The molecule has 0 saturated carbocycles. The maximum Gasteiger partial charge on any atom is 0.262 e. The molecule has 1 amide bonds. The minimum atomic E-state index is -0.156. The summed E-state index contributed by atoms with van der Waals surface area (Å²) in [6.45, 7) is 1.99. The Balaban J connectivity index is 1.38. The molecule has 24 heavy (non-hydrogen) atoms. The summed E-state index contributed by atoms with van der Waals surface area (Å²) in [5, 5.41) is 3.90. The van der Waals surface area contributed by atoms with Gasteiger partial charge in [-0.05, 0) is 67.6 Å². The van der Waals surface area contributed by atoms with E-state index in [1.54, 1.807) is 11.3 Å². The van der Waals surface area contributed by atoms with Crippen molar-refractivity contribution in [2.75, 3.05) is 11.9 Å². The number of anilines is 1. The Labute approximate surface area is 144 Å². The van der Waals surface area contributed by atoms with E-state index in [1.165, 1.54) is 17.5 Å². The second-order valence-electron chi connectivity index (χ2n) is 6.04. The van der Waals surface area contributed by atoms with Gasteiger partial charge >= 0.3 is 0 Å². The quantitative estimate of drug-likeness (QED) is 0.779. The van der Waals surface area contributed by atoms with Crippen LogP contribution in [-0.2, 0) is 17.6 Å². The first-order chi connectivity index (χ1) is 11.7. The molecule has 1 heterocycles. The van der Waals surface area contributed by atoms with E-state index in [2.05, 4.69) is 22.4 Å². The zero-order chi connectivity index (χ0) is 16.5. The second-order valence-corrected chi connectivity index (χ2v) is 7.27. The molecular formula is C19H18N2O2S. The number of nitrogens with one attached hydrogen (secondary N) is 1. The molecule has 122 valence electrons. The van der Waals surface area contributed by atoms with Gasteiger partial charge in [-0.2, -0.15) is 0 Å². The molecule has 0 bridgehead atoms. The first-order valence-electron chi connectivity index (χ1n) is 8.09. The van der Waals surface area contributed by atoms with Crippen molar-refractivity contribution in [2.24, 2.45) is 0 Å². The summed E-state index contributed by atoms with van der Waals surface area (Å²) in [4.78, 5) is 16.5. The molecule has 4 nitrogen and oxygen atoms in total. The number of hydrogen-bond acceptors (Lipinski definition) is 4. The monoisotopic (exact) mass is 338 g/mol. The van der Waals surface area contributed by atoms with Crippen LogP contribution in [0.4, 0.5) is 5.69 Å². The smallest absolute Gasteiger partial charge is 0.262 e. The minimum absolute atomic E-state index is 0.0124. The van der Waals surface area contributed by atoms with Crippen LogP contribution in [0.25, 0.3) is 10.2 Å². The van der Waals surface area contributed by atoms with E-state index in [0.717, 1.165) is 39.5 Å². The summed E-state index contributed by atoms with van der Waals surface area (Å²) in [5.74, 6) is 0.607. The number of amides is 1. The Morgan fingerprint density at radius 1 is 1.21 bits per heavy atom. The summed E-state index contributed by atoms with van der Waals surface area (Å²) in [5.41, 5.74) is 4.48. The molecule has 1 N–H and O–H groups in total. The summed E-state index contributed by atoms with van der Waals surface area (Å²) in [7, 11) is 0. The van der Waals surface area contributed by atoms with Crippen LogP contribution < -0.4 is 10.1 Å². The number of hydrogen-bond donors (Lipinski definition) is 1. The van der Waals surface area contributed by atoms with Gasteiger partial charge in [-0.15, -0.1) is 11.3 Å². The van der Waals surface area contributed by atoms with E-state index in [9.17, 15) is 4.79 Å². The highest BCUT2D eigenvalue weighted by Crippen LogP contribution is 2.26. The Kier molecular flexibility index (Phi) is 3.94. The maximum absolute atomic E-state index is 12.1. The number of rotatable bonds is 4. The Hall–Kier alpha value is -2.40. The minimum Gasteiger partial charge on any atom is -0.484 e. The van der Waals surface area contributed by atoms with Gasteiger partial charge in [0.05, 0.1) is 15.2 Å². The zero-order valence-corrected chi connectivity index (χ0v) is 14.3. The molecular weight excluding hydrogens is 320 g/mol. The van der Waals surface area contributed by atoms with E-state index in [-0.39, 0.29) is 12.5 Å². The molecule has 3 aromatic rings. The van der Waals surface area contributed by atoms with Gasteiger partial charge in [-0.25, -0.2) is 4.98 Å². The van der Waals surface area contributed by atoms with Crippen molar-refractivity contribution in [2.45, 2.75) is 26.2 Å². The SMILES string of the molecule is Cc1nc2ccc(NC(=O)COc3ccc4c(c3)CCC4)cc2s1. The van der Waals surface area contributed by atoms with Crippen LogP contribution in [0.1, 0.15) is 22.6 Å². The highest BCUT2D eigenvalue weighted by molar-refractivity contribution is 7.18. The number of fused-ring (bicyclic) bond motifs is 2. The summed E-state index contributed by atoms with van der Waals surface area (Å²) in [6.07, 6.45) is 3.46. The van der Waals surface area contributed by atoms with E-state index in [4.69, 9.17) is 4.74 Å². The van der Waals surface area contributed by atoms with E-state index in [1.807, 2.05) is 31.2 Å². The van der Waals surface area contributed by atoms with Gasteiger partial charge in [-0.3, -0.25) is 4.79 Å². The molecule has 1 aromatic heterocycles. The molecule has 0 aliphatic heterocycles. The van der Waals surface area contributed by atoms with Crippen molar-refractivity contribution >= 4 is 33.1 Å². The number of carbonyl (C=O) groups excluding carboxylic acids is 1. The van der Waals surface area contributed by atoms with Crippen LogP contribution in [0, 0.1) is 6.92 Å². The highest BCUT2D eigenvalue weighted by Gasteiger charge is 2.12. The molecule has 1 aliphatic carbocycles. The fourth-order valence-electron chi connectivity index (χ4n) is 3.10. The fraction of sp³-hybridized carbons (Fsp3) is 0.263. The number of thiazole rings is 1. The van der Waals surface area contributed by atoms with Crippen LogP contribution >= 0.6 is 11.3 Å². The first kappa shape index (κ1) is 15.1. The van der Waals surface area contributed by atoms with E-state index < -0.39 is 0 Å². The maximum atomic E-state index is 12.1. The van der Waals surface area contributed by atoms with E-state index in [0.29, 0.717) is 0 Å². The number of nitrogens with zero attached hydrogens (tertiary/aromatic N) is 1. The predicted octanol–water partition coefficient (Wildman–Crippen LogP) is 4.11. The van der Waals surface area contributed by atoms with Crippen molar-refractivity contribution in [1.29, 1.82) is 0 Å². The topological polar surface area (TPSA) is 51.2 Å². The van der Waals surface area contributed by atoms with Crippen LogP contribution in [0.3, 0.4) is 0 Å². The first-order valence-corrected chi connectivity index (χ1v) is 8.91. The molecule has 0 fully saturated rings. The molecule has 1 aliphatic rings. The molecule has 0 atom stereocenters. The lowest BCUT2D eigenvalue weighted by molar-refractivity contribution is -0.118. The molecule has 0 radical (unpaired) electrons. The number of aromatic nitrogens is 1. The molecule has 5 heteroatoms. The number of ether oxygens (including phenoxy) is 1. The van der Waals surface area contributed by atoms with Crippen LogP contribution in [0.5, 0.6) is 5.75 Å². The Morgan fingerprint density at radius 2 is 2.08 bits per heavy atom. The van der Waals surface area contributed by atoms with Crippen molar-refractivity contribution in [1.82, 2.24) is 4.98 Å². The number of carbonyl (C=O) groups is 1. The van der Waals surface area contributed by atoms with Crippen LogP contribution in [0.15, 0.2) is 36.4 Å². The van der Waals surface area contributed by atoms with Crippen molar-refractivity contribution < 1.29 is 9.53 Å². The lowest BCUT2D eigenvalue weighted by atomic mass is 10.1. The molecule has 0 spiro atoms. The lowest BCUT2D eigenvalue weighted by Crippen LogP contribution is -2.20. The number of benzene rings is 2. The summed E-state index contributed by atoms with van der Waals surface area (Å²) >= 11 is 1.62. The molecule has 4 rings (SSSR count). The largest absolute Gasteiger partial charge is 0.484 e. The summed E-state index contributed by atoms with van der Waals surface area (Å²) < 4.78 is 6.71. The predicted molar refractivity (Wildman–Crippen MR) is 96.9 cm³/mol. The van der Waals surface area contributed by atoms with Gasteiger partial charge in [-0.1, -0.05) is 6.07 Å². The average molecular weight is 338 g/mol. The van der Waals surface area contributed by atoms with Crippen molar-refractivity contribution in [3.05, 3.63) is 52.5 Å². The van der Waals surface area contributed by atoms with Gasteiger partial charge < -0.3 is 10.1 Å². The van der Waals surface area contributed by atoms with Gasteiger partial charge in [0, 0.05) is 5.69 Å². The molecule has 0 saturated heterocycles. The zero-order valence-electron chi connectivity index (χ0n) is 13.5. The van der Waals surface area contributed by atoms with E-state index >= 15 is 0 Å². The highest BCUT2D eigenvalue weighted by atomic mass is 32.1. The van der Waals surface area contributed by atoms with Crippen molar-refractivity contribution in [3.63, 3.8) is 0 Å². The van der Waals surface area contributed by atoms with Crippen LogP contribution in [0.2, 0.25) is 0 Å². The molecule has 2 aromatic carbocycles. The van der Waals surface area contributed by atoms with Gasteiger partial charge in [0.15, 0.2) is 6.61 Å². The fourth-order valence-corrected chi connectivity index (χ4v) is 3.97. The lowest BCUT2D eigenvalue weighted by Gasteiger charge is -2.09. The summed E-state index contributed by atoms with van der Waals surface area (Å²) in [6, 6.07) is 11.9.